The van der Waals surface area contributed by atoms with Gasteiger partial charge in [0, 0.05) is 30.1 Å². The average Bonchev–Trinajstić information content (AvgIpc) is 2.45. The Morgan fingerprint density at radius 1 is 1.38 bits per heavy atom. The number of hydrogen-bond acceptors (Lipinski definition) is 3. The minimum absolute atomic E-state index is 0.0134. The van der Waals surface area contributed by atoms with Gasteiger partial charge in [-0.05, 0) is 31.5 Å². The lowest BCUT2D eigenvalue weighted by Crippen LogP contribution is -2.35. The highest BCUT2D eigenvalue weighted by molar-refractivity contribution is 6.30. The predicted octanol–water partition coefficient (Wildman–Crippen LogP) is 3.12. The van der Waals surface area contributed by atoms with Gasteiger partial charge in [-0.2, -0.15) is 0 Å². The molecule has 1 amide bonds. The van der Waals surface area contributed by atoms with Gasteiger partial charge in [0.15, 0.2) is 0 Å². The van der Waals surface area contributed by atoms with Gasteiger partial charge in [0.1, 0.15) is 0 Å². The molecular weight excluding hydrogens is 290 g/mol. The van der Waals surface area contributed by atoms with E-state index in [1.165, 1.54) is 4.90 Å². The monoisotopic (exact) mass is 307 g/mol. The molecule has 1 aliphatic heterocycles. The lowest BCUT2D eigenvalue weighted by atomic mass is 9.84. The van der Waals surface area contributed by atoms with E-state index in [2.05, 4.69) is 0 Å². The van der Waals surface area contributed by atoms with Crippen LogP contribution in [-0.4, -0.2) is 30.4 Å². The van der Waals surface area contributed by atoms with E-state index in [0.717, 1.165) is 5.56 Å². The molecule has 0 bridgehead atoms. The summed E-state index contributed by atoms with van der Waals surface area (Å²) < 4.78 is 5.15. The maximum Gasteiger partial charge on any atom is 0.336 e. The van der Waals surface area contributed by atoms with Crippen LogP contribution in [0.1, 0.15) is 31.7 Å². The summed E-state index contributed by atoms with van der Waals surface area (Å²) in [5, 5.41) is 0.622. The van der Waals surface area contributed by atoms with Crippen LogP contribution in [0.5, 0.6) is 0 Å². The standard InChI is InChI=1S/C16H18ClNO3/c1-4-21-16(20)15-10(2)18(3)14(19)9-13(15)11-5-7-12(17)8-6-11/h5-8,13H,4,9H2,1-3H3/t13-/m1/s1. The van der Waals surface area contributed by atoms with Crippen LogP contribution >= 0.6 is 11.6 Å². The van der Waals surface area contributed by atoms with Gasteiger partial charge in [0.25, 0.3) is 0 Å². The molecule has 0 N–H and O–H groups in total. The Hall–Kier alpha value is -1.81. The number of amides is 1. The van der Waals surface area contributed by atoms with Crippen molar-refractivity contribution in [3.63, 3.8) is 0 Å². The first-order chi connectivity index (χ1) is 9.95. The zero-order valence-corrected chi connectivity index (χ0v) is 13.1. The summed E-state index contributed by atoms with van der Waals surface area (Å²) in [7, 11) is 1.68. The highest BCUT2D eigenvalue weighted by Crippen LogP contribution is 2.36. The number of hydrogen-bond donors (Lipinski definition) is 0. The van der Waals surface area contributed by atoms with Crippen molar-refractivity contribution < 1.29 is 14.3 Å². The summed E-state index contributed by atoms with van der Waals surface area (Å²) in [6, 6.07) is 7.21. The summed E-state index contributed by atoms with van der Waals surface area (Å²) in [5.74, 6) is -0.667. The molecule has 1 aliphatic rings. The first-order valence-electron chi connectivity index (χ1n) is 6.85. The van der Waals surface area contributed by atoms with Crippen LogP contribution < -0.4 is 0 Å². The Labute approximate surface area is 129 Å². The molecule has 1 atom stereocenters. The molecule has 0 saturated carbocycles. The van der Waals surface area contributed by atoms with Crippen LogP contribution in [0.2, 0.25) is 5.02 Å². The molecule has 2 rings (SSSR count). The normalized spacial score (nSPS) is 19.0. The Morgan fingerprint density at radius 3 is 2.57 bits per heavy atom. The van der Waals surface area contributed by atoms with Crippen molar-refractivity contribution in [3.05, 3.63) is 46.1 Å². The van der Waals surface area contributed by atoms with Crippen molar-refractivity contribution in [2.24, 2.45) is 0 Å². The van der Waals surface area contributed by atoms with E-state index in [-0.39, 0.29) is 24.2 Å². The fourth-order valence-electron chi connectivity index (χ4n) is 2.51. The van der Waals surface area contributed by atoms with E-state index >= 15 is 0 Å². The zero-order valence-electron chi connectivity index (χ0n) is 12.4. The van der Waals surface area contributed by atoms with E-state index in [1.807, 2.05) is 12.1 Å². The van der Waals surface area contributed by atoms with Crippen molar-refractivity contribution in [3.8, 4) is 0 Å². The minimum atomic E-state index is -0.366. The summed E-state index contributed by atoms with van der Waals surface area (Å²) in [4.78, 5) is 25.9. The van der Waals surface area contributed by atoms with Crippen molar-refractivity contribution in [1.82, 2.24) is 4.90 Å². The predicted molar refractivity (Wildman–Crippen MR) is 80.9 cm³/mol. The van der Waals surface area contributed by atoms with Crippen LogP contribution in [0.4, 0.5) is 0 Å². The molecule has 112 valence electrons. The van der Waals surface area contributed by atoms with Gasteiger partial charge in [-0.1, -0.05) is 23.7 Å². The molecule has 0 aliphatic carbocycles. The van der Waals surface area contributed by atoms with Gasteiger partial charge in [0.05, 0.1) is 12.2 Å². The highest BCUT2D eigenvalue weighted by Gasteiger charge is 2.35. The molecule has 0 saturated heterocycles. The summed E-state index contributed by atoms with van der Waals surface area (Å²) in [6.45, 7) is 3.84. The Bertz CT molecular complexity index is 592. The van der Waals surface area contributed by atoms with E-state index in [9.17, 15) is 9.59 Å². The number of carbonyl (C=O) groups is 2. The number of ether oxygens (including phenoxy) is 1. The number of esters is 1. The smallest absolute Gasteiger partial charge is 0.336 e. The van der Waals surface area contributed by atoms with E-state index in [0.29, 0.717) is 22.9 Å². The number of benzene rings is 1. The lowest BCUT2D eigenvalue weighted by Gasteiger charge is -2.32. The van der Waals surface area contributed by atoms with Gasteiger partial charge >= 0.3 is 5.97 Å². The number of halogens is 1. The van der Waals surface area contributed by atoms with Gasteiger partial charge in [0.2, 0.25) is 5.91 Å². The summed E-state index contributed by atoms with van der Waals surface area (Å²) in [6.07, 6.45) is 0.254. The molecule has 0 aromatic heterocycles. The topological polar surface area (TPSA) is 46.6 Å². The number of nitrogens with zero attached hydrogens (tertiary/aromatic N) is 1. The average molecular weight is 308 g/mol. The molecule has 0 radical (unpaired) electrons. The van der Waals surface area contributed by atoms with Crippen LogP contribution in [0.25, 0.3) is 0 Å². The second-order valence-electron chi connectivity index (χ2n) is 4.98. The van der Waals surface area contributed by atoms with E-state index < -0.39 is 0 Å². The molecule has 1 aromatic rings. The highest BCUT2D eigenvalue weighted by atomic mass is 35.5. The van der Waals surface area contributed by atoms with Crippen molar-refractivity contribution in [1.29, 1.82) is 0 Å². The molecule has 4 nitrogen and oxygen atoms in total. The number of rotatable bonds is 3. The fraction of sp³-hybridized carbons (Fsp3) is 0.375. The van der Waals surface area contributed by atoms with Crippen LogP contribution in [0.15, 0.2) is 35.5 Å². The van der Waals surface area contributed by atoms with Crippen LogP contribution in [0.3, 0.4) is 0 Å². The van der Waals surface area contributed by atoms with Crippen molar-refractivity contribution in [2.45, 2.75) is 26.2 Å². The Kier molecular flexibility index (Phi) is 4.68. The minimum Gasteiger partial charge on any atom is -0.463 e. The quantitative estimate of drug-likeness (QED) is 0.806. The largest absolute Gasteiger partial charge is 0.463 e. The molecule has 0 fully saturated rings. The zero-order chi connectivity index (χ0) is 15.6. The second kappa shape index (κ2) is 6.31. The molecule has 1 aromatic carbocycles. The first-order valence-corrected chi connectivity index (χ1v) is 7.23. The van der Waals surface area contributed by atoms with Gasteiger partial charge < -0.3 is 9.64 Å². The lowest BCUT2D eigenvalue weighted by molar-refractivity contribution is -0.139. The number of carbonyl (C=O) groups excluding carboxylic acids is 2. The fourth-order valence-corrected chi connectivity index (χ4v) is 2.64. The van der Waals surface area contributed by atoms with Gasteiger partial charge in [-0.15, -0.1) is 0 Å². The second-order valence-corrected chi connectivity index (χ2v) is 5.42. The molecule has 21 heavy (non-hydrogen) atoms. The third-order valence-electron chi connectivity index (χ3n) is 3.76. The van der Waals surface area contributed by atoms with Gasteiger partial charge in [-0.25, -0.2) is 4.79 Å². The Morgan fingerprint density at radius 2 is 2.00 bits per heavy atom. The maximum absolute atomic E-state index is 12.3. The van der Waals surface area contributed by atoms with Gasteiger partial charge in [-0.3, -0.25) is 4.79 Å². The SMILES string of the molecule is CCOC(=O)C1=C(C)N(C)C(=O)C[C@@H]1c1ccc(Cl)cc1. The van der Waals surface area contributed by atoms with Crippen LogP contribution in [-0.2, 0) is 14.3 Å². The van der Waals surface area contributed by atoms with Crippen LogP contribution in [0, 0.1) is 0 Å². The third-order valence-corrected chi connectivity index (χ3v) is 4.01. The molecule has 0 unspecified atom stereocenters. The molecule has 1 heterocycles. The summed E-state index contributed by atoms with van der Waals surface area (Å²) >= 11 is 5.90. The van der Waals surface area contributed by atoms with Crippen molar-refractivity contribution >= 4 is 23.5 Å². The maximum atomic E-state index is 12.3. The molecule has 0 spiro atoms. The molecule has 5 heteroatoms. The van der Waals surface area contributed by atoms with E-state index in [4.69, 9.17) is 16.3 Å². The van der Waals surface area contributed by atoms with Crippen molar-refractivity contribution in [2.75, 3.05) is 13.7 Å². The van der Waals surface area contributed by atoms with E-state index in [1.54, 1.807) is 33.0 Å². The first kappa shape index (κ1) is 15.6. The molecular formula is C16H18ClNO3. The number of allylic oxidation sites excluding steroid dienone is 1. The Balaban J connectivity index is 2.48. The summed E-state index contributed by atoms with van der Waals surface area (Å²) in [5.41, 5.74) is 2.08. The third kappa shape index (κ3) is 3.10.